The number of hydrogen-bond donors (Lipinski definition) is 3. The zero-order valence-electron chi connectivity index (χ0n) is 15.7. The Kier molecular flexibility index (Phi) is 6.30. The molecule has 1 aromatic heterocycles. The molecule has 0 amide bonds. The van der Waals surface area contributed by atoms with E-state index < -0.39 is 20.0 Å². The van der Waals surface area contributed by atoms with Gasteiger partial charge in [0.15, 0.2) is 11.6 Å². The number of benzene rings is 2. The standard InChI is InChI=1S/C18H21N5O4S2/c1-28(24,25)20-13-7-12-19-17-18(22-16-11-6-5-10-15(16)21-17)23-29(26,27)14-8-3-2-4-9-14/h2-6,8-11,20H,7,12-13H2,1H3,(H,19,21)(H,22,23). The van der Waals surface area contributed by atoms with Crippen molar-refractivity contribution in [1.82, 2.24) is 14.7 Å². The summed E-state index contributed by atoms with van der Waals surface area (Å²) in [5.74, 6) is 0.339. The minimum Gasteiger partial charge on any atom is -0.367 e. The van der Waals surface area contributed by atoms with E-state index in [1.165, 1.54) is 12.1 Å². The first-order valence-corrected chi connectivity index (χ1v) is 12.2. The van der Waals surface area contributed by atoms with Crippen molar-refractivity contribution in [3.05, 3.63) is 54.6 Å². The number of nitrogens with zero attached hydrogens (tertiary/aromatic N) is 2. The molecule has 0 saturated heterocycles. The third-order valence-corrected chi connectivity index (χ3v) is 5.95. The van der Waals surface area contributed by atoms with Gasteiger partial charge in [0.05, 0.1) is 22.2 Å². The number of fused-ring (bicyclic) bond motifs is 1. The number of sulfonamides is 2. The molecule has 3 N–H and O–H groups in total. The molecule has 0 unspecified atom stereocenters. The van der Waals surface area contributed by atoms with Crippen LogP contribution in [0.25, 0.3) is 11.0 Å². The molecule has 154 valence electrons. The lowest BCUT2D eigenvalue weighted by molar-refractivity contribution is 0.586. The van der Waals surface area contributed by atoms with Gasteiger partial charge in [-0.05, 0) is 30.7 Å². The molecule has 11 heteroatoms. The summed E-state index contributed by atoms with van der Waals surface area (Å²) in [6.45, 7) is 0.619. The van der Waals surface area contributed by atoms with Crippen molar-refractivity contribution < 1.29 is 16.8 Å². The summed E-state index contributed by atoms with van der Waals surface area (Å²) >= 11 is 0. The maximum Gasteiger partial charge on any atom is 0.263 e. The van der Waals surface area contributed by atoms with Crippen molar-refractivity contribution in [1.29, 1.82) is 0 Å². The predicted molar refractivity (Wildman–Crippen MR) is 113 cm³/mol. The predicted octanol–water partition coefficient (Wildman–Crippen LogP) is 1.78. The van der Waals surface area contributed by atoms with Gasteiger partial charge in [0.2, 0.25) is 10.0 Å². The van der Waals surface area contributed by atoms with Gasteiger partial charge in [-0.15, -0.1) is 0 Å². The van der Waals surface area contributed by atoms with Crippen LogP contribution in [-0.4, -0.2) is 46.1 Å². The molecule has 0 bridgehead atoms. The number of hydrogen-bond acceptors (Lipinski definition) is 7. The summed E-state index contributed by atoms with van der Waals surface area (Å²) in [4.78, 5) is 8.97. The fourth-order valence-corrected chi connectivity index (χ4v) is 4.08. The summed E-state index contributed by atoms with van der Waals surface area (Å²) < 4.78 is 52.5. The Balaban J connectivity index is 1.83. The van der Waals surface area contributed by atoms with E-state index in [1.807, 2.05) is 6.07 Å². The molecular formula is C18H21N5O4S2. The van der Waals surface area contributed by atoms with Crippen molar-refractivity contribution >= 4 is 42.7 Å². The Hall–Kier alpha value is -2.76. The van der Waals surface area contributed by atoms with Gasteiger partial charge >= 0.3 is 0 Å². The van der Waals surface area contributed by atoms with E-state index in [-0.39, 0.29) is 23.1 Å². The van der Waals surface area contributed by atoms with Gasteiger partial charge in [-0.3, -0.25) is 4.72 Å². The van der Waals surface area contributed by atoms with Crippen LogP contribution >= 0.6 is 0 Å². The average Bonchev–Trinajstić information content (AvgIpc) is 2.67. The van der Waals surface area contributed by atoms with E-state index in [0.29, 0.717) is 24.0 Å². The molecule has 1 heterocycles. The average molecular weight is 436 g/mol. The van der Waals surface area contributed by atoms with Crippen LogP contribution in [0.1, 0.15) is 6.42 Å². The fraction of sp³-hybridized carbons (Fsp3) is 0.222. The van der Waals surface area contributed by atoms with Gasteiger partial charge in [0.1, 0.15) is 0 Å². The van der Waals surface area contributed by atoms with Gasteiger partial charge in [0.25, 0.3) is 10.0 Å². The number of anilines is 2. The molecular weight excluding hydrogens is 414 g/mol. The molecule has 29 heavy (non-hydrogen) atoms. The summed E-state index contributed by atoms with van der Waals surface area (Å²) in [5.41, 5.74) is 1.15. The van der Waals surface area contributed by atoms with Crippen LogP contribution in [0.2, 0.25) is 0 Å². The number of nitrogens with one attached hydrogen (secondary N) is 3. The summed E-state index contributed by atoms with van der Waals surface area (Å²) in [6.07, 6.45) is 1.57. The maximum atomic E-state index is 12.7. The molecule has 9 nitrogen and oxygen atoms in total. The third-order valence-electron chi connectivity index (χ3n) is 3.87. The first-order chi connectivity index (χ1) is 13.7. The van der Waals surface area contributed by atoms with E-state index >= 15 is 0 Å². The van der Waals surface area contributed by atoms with Crippen molar-refractivity contribution in [2.24, 2.45) is 0 Å². The SMILES string of the molecule is CS(=O)(=O)NCCCNc1nc2ccccc2nc1NS(=O)(=O)c1ccccc1. The Morgan fingerprint density at radius 3 is 2.00 bits per heavy atom. The van der Waals surface area contributed by atoms with E-state index in [4.69, 9.17) is 0 Å². The van der Waals surface area contributed by atoms with Crippen LogP contribution in [-0.2, 0) is 20.0 Å². The molecule has 0 radical (unpaired) electrons. The van der Waals surface area contributed by atoms with Crippen LogP contribution in [0, 0.1) is 0 Å². The first kappa shape index (κ1) is 21.0. The van der Waals surface area contributed by atoms with Crippen LogP contribution < -0.4 is 14.8 Å². The zero-order valence-corrected chi connectivity index (χ0v) is 17.3. The molecule has 0 saturated carbocycles. The van der Waals surface area contributed by atoms with Crippen molar-refractivity contribution in [3.8, 4) is 0 Å². The maximum absolute atomic E-state index is 12.7. The Morgan fingerprint density at radius 2 is 1.38 bits per heavy atom. The largest absolute Gasteiger partial charge is 0.367 e. The molecule has 0 aliphatic heterocycles. The molecule has 0 aliphatic rings. The highest BCUT2D eigenvalue weighted by atomic mass is 32.2. The van der Waals surface area contributed by atoms with Gasteiger partial charge in [-0.1, -0.05) is 30.3 Å². The van der Waals surface area contributed by atoms with Gasteiger partial charge < -0.3 is 5.32 Å². The lowest BCUT2D eigenvalue weighted by Gasteiger charge is -2.14. The van der Waals surface area contributed by atoms with Crippen molar-refractivity contribution in [2.75, 3.05) is 29.4 Å². The van der Waals surface area contributed by atoms with Crippen LogP contribution in [0.4, 0.5) is 11.6 Å². The molecule has 3 aromatic rings. The number of rotatable bonds is 9. The molecule has 0 fully saturated rings. The fourth-order valence-electron chi connectivity index (χ4n) is 2.53. The molecule has 3 rings (SSSR count). The second-order valence-corrected chi connectivity index (χ2v) is 9.79. The lowest BCUT2D eigenvalue weighted by Crippen LogP contribution is -2.24. The number of para-hydroxylation sites is 2. The van der Waals surface area contributed by atoms with Crippen molar-refractivity contribution in [2.45, 2.75) is 11.3 Å². The summed E-state index contributed by atoms with van der Waals surface area (Å²) in [6, 6.07) is 15.1. The smallest absolute Gasteiger partial charge is 0.263 e. The van der Waals surface area contributed by atoms with Gasteiger partial charge in [0, 0.05) is 13.1 Å². The highest BCUT2D eigenvalue weighted by Crippen LogP contribution is 2.24. The highest BCUT2D eigenvalue weighted by Gasteiger charge is 2.18. The van der Waals surface area contributed by atoms with Crippen LogP contribution in [0.5, 0.6) is 0 Å². The third kappa shape index (κ3) is 5.86. The van der Waals surface area contributed by atoms with E-state index in [0.717, 1.165) is 6.26 Å². The zero-order chi connectivity index (χ0) is 20.9. The van der Waals surface area contributed by atoms with E-state index in [1.54, 1.807) is 36.4 Å². The second kappa shape index (κ2) is 8.72. The van der Waals surface area contributed by atoms with Crippen molar-refractivity contribution in [3.63, 3.8) is 0 Å². The minimum atomic E-state index is -3.84. The lowest BCUT2D eigenvalue weighted by atomic mass is 10.3. The minimum absolute atomic E-state index is 0.0728. The van der Waals surface area contributed by atoms with E-state index in [2.05, 4.69) is 24.7 Å². The molecule has 0 spiro atoms. The quantitative estimate of drug-likeness (QED) is 0.437. The topological polar surface area (TPSA) is 130 Å². The summed E-state index contributed by atoms with van der Waals surface area (Å²) in [7, 11) is -7.10. The second-order valence-electron chi connectivity index (χ2n) is 6.27. The van der Waals surface area contributed by atoms with E-state index in [9.17, 15) is 16.8 Å². The normalized spacial score (nSPS) is 12.0. The monoisotopic (exact) mass is 435 g/mol. The molecule has 0 aliphatic carbocycles. The van der Waals surface area contributed by atoms with Gasteiger partial charge in [-0.25, -0.2) is 31.5 Å². The first-order valence-electron chi connectivity index (χ1n) is 8.78. The number of aromatic nitrogens is 2. The molecule has 0 atom stereocenters. The Bertz CT molecular complexity index is 1200. The van der Waals surface area contributed by atoms with Gasteiger partial charge in [-0.2, -0.15) is 0 Å². The van der Waals surface area contributed by atoms with Crippen LogP contribution in [0.3, 0.4) is 0 Å². The Labute approximate surface area is 169 Å². The molecule has 2 aromatic carbocycles. The Morgan fingerprint density at radius 1 is 0.793 bits per heavy atom. The summed E-state index contributed by atoms with van der Waals surface area (Å²) in [5, 5.41) is 3.03. The van der Waals surface area contributed by atoms with Crippen LogP contribution in [0.15, 0.2) is 59.5 Å². The highest BCUT2D eigenvalue weighted by molar-refractivity contribution is 7.92.